The van der Waals surface area contributed by atoms with Gasteiger partial charge in [-0.05, 0) is 45.7 Å². The minimum Gasteiger partial charge on any atom is -0.403 e. The number of nitrogens with one attached hydrogen (secondary N) is 1. The molecule has 27 heavy (non-hydrogen) atoms. The summed E-state index contributed by atoms with van der Waals surface area (Å²) in [5.41, 5.74) is 0.815. The highest BCUT2D eigenvalue weighted by molar-refractivity contribution is 6.47. The first-order valence-corrected chi connectivity index (χ1v) is 9.58. The third-order valence-electron chi connectivity index (χ3n) is 5.90. The highest BCUT2D eigenvalue weighted by Crippen LogP contribution is 2.42. The van der Waals surface area contributed by atoms with Crippen LogP contribution >= 0.6 is 0 Å². The fraction of sp³-hybridized carbons (Fsp3) is 0.600. The Bertz CT molecular complexity index is 718. The summed E-state index contributed by atoms with van der Waals surface area (Å²) in [5.74, 6) is 0.101. The molecule has 3 rings (SSSR count). The van der Waals surface area contributed by atoms with Crippen molar-refractivity contribution in [2.45, 2.75) is 64.5 Å². The molecule has 2 saturated heterocycles. The number of hydrogen-bond acceptors (Lipinski definition) is 4. The number of rotatable bonds is 4. The summed E-state index contributed by atoms with van der Waals surface area (Å²) in [4.78, 5) is 26.0. The molecule has 2 heterocycles. The number of amides is 2. The molecule has 1 atom stereocenters. The Kier molecular flexibility index (Phi) is 5.37. The molecule has 0 saturated carbocycles. The fourth-order valence-corrected chi connectivity index (χ4v) is 3.58. The van der Waals surface area contributed by atoms with E-state index in [2.05, 4.69) is 5.32 Å². The van der Waals surface area contributed by atoms with Crippen molar-refractivity contribution in [2.24, 2.45) is 0 Å². The summed E-state index contributed by atoms with van der Waals surface area (Å²) in [6.45, 7) is 11.0. The van der Waals surface area contributed by atoms with Crippen molar-refractivity contribution in [3.63, 3.8) is 0 Å². The van der Waals surface area contributed by atoms with Gasteiger partial charge in [0.25, 0.3) is 0 Å². The average molecular weight is 372 g/mol. The number of hydrogen-bond donors (Lipinski definition) is 1. The first-order chi connectivity index (χ1) is 12.6. The summed E-state index contributed by atoms with van der Waals surface area (Å²) in [5, 5.41) is 2.79. The van der Waals surface area contributed by atoms with Crippen LogP contribution in [0.2, 0.25) is 5.82 Å². The molecule has 6 nitrogen and oxygen atoms in total. The van der Waals surface area contributed by atoms with Crippen molar-refractivity contribution < 1.29 is 18.9 Å². The van der Waals surface area contributed by atoms with Crippen molar-refractivity contribution in [1.82, 2.24) is 4.90 Å². The molecule has 0 aromatic heterocycles. The molecule has 146 valence electrons. The molecule has 2 fully saturated rings. The predicted molar refractivity (Wildman–Crippen MR) is 105 cm³/mol. The van der Waals surface area contributed by atoms with E-state index in [1.807, 2.05) is 56.9 Å². The maximum atomic E-state index is 12.8. The van der Waals surface area contributed by atoms with Crippen LogP contribution in [0.1, 0.15) is 46.6 Å². The lowest BCUT2D eigenvalue weighted by atomic mass is 9.71. The molecule has 7 heteroatoms. The quantitative estimate of drug-likeness (QED) is 0.826. The van der Waals surface area contributed by atoms with Crippen LogP contribution in [-0.2, 0) is 25.3 Å². The lowest BCUT2D eigenvalue weighted by Crippen LogP contribution is -2.41. The van der Waals surface area contributed by atoms with E-state index in [1.165, 1.54) is 6.92 Å². The van der Waals surface area contributed by atoms with Crippen molar-refractivity contribution in [3.8, 4) is 0 Å². The molecular formula is C20H29BN2O4. The van der Waals surface area contributed by atoms with E-state index in [9.17, 15) is 9.59 Å². The second-order valence-electron chi connectivity index (χ2n) is 8.53. The van der Waals surface area contributed by atoms with Gasteiger partial charge in [-0.25, -0.2) is 0 Å². The van der Waals surface area contributed by atoms with Crippen LogP contribution in [0.5, 0.6) is 0 Å². The topological polar surface area (TPSA) is 67.9 Å². The minimum atomic E-state index is -0.355. The Morgan fingerprint density at radius 2 is 1.81 bits per heavy atom. The Morgan fingerprint density at radius 1 is 1.19 bits per heavy atom. The standard InChI is InChI=1S/C20H29BN2O4/c1-14(24)22-17-9-7-6-8-15(17)12-18(25)23-11-10-16(13-23)21-26-19(2,3)20(4,5)27-21/h6-9,16H,10-13H2,1-5H3,(H,22,24). The maximum Gasteiger partial charge on any atom is 0.463 e. The fourth-order valence-electron chi connectivity index (χ4n) is 3.58. The number of benzene rings is 1. The van der Waals surface area contributed by atoms with Crippen molar-refractivity contribution in [3.05, 3.63) is 29.8 Å². The van der Waals surface area contributed by atoms with Gasteiger partial charge in [0.1, 0.15) is 0 Å². The van der Waals surface area contributed by atoms with Gasteiger partial charge in [-0.1, -0.05) is 18.2 Å². The summed E-state index contributed by atoms with van der Waals surface area (Å²) in [6.07, 6.45) is 1.14. The van der Waals surface area contributed by atoms with Gasteiger partial charge in [0.05, 0.1) is 17.6 Å². The molecule has 0 spiro atoms. The molecule has 0 bridgehead atoms. The SMILES string of the molecule is CC(=O)Nc1ccccc1CC(=O)N1CCC(B2OC(C)(C)C(C)(C)O2)C1. The monoisotopic (exact) mass is 372 g/mol. The second-order valence-corrected chi connectivity index (χ2v) is 8.53. The Morgan fingerprint density at radius 3 is 2.44 bits per heavy atom. The van der Waals surface area contributed by atoms with Gasteiger partial charge in [-0.15, -0.1) is 0 Å². The predicted octanol–water partition coefficient (Wildman–Crippen LogP) is 2.88. The zero-order valence-corrected chi connectivity index (χ0v) is 16.9. The van der Waals surface area contributed by atoms with Gasteiger partial charge in [0, 0.05) is 31.5 Å². The molecule has 2 aliphatic heterocycles. The van der Waals surface area contributed by atoms with Crippen molar-refractivity contribution in [1.29, 1.82) is 0 Å². The van der Waals surface area contributed by atoms with Crippen LogP contribution in [0.15, 0.2) is 24.3 Å². The van der Waals surface area contributed by atoms with Gasteiger partial charge < -0.3 is 19.5 Å². The summed E-state index contributed by atoms with van der Waals surface area (Å²) in [7, 11) is -0.278. The van der Waals surface area contributed by atoms with Crippen LogP contribution in [0.3, 0.4) is 0 Å². The summed E-state index contributed by atoms with van der Waals surface area (Å²) in [6, 6.07) is 7.43. The van der Waals surface area contributed by atoms with Crippen LogP contribution in [0.4, 0.5) is 5.69 Å². The average Bonchev–Trinajstić information content (AvgIpc) is 3.12. The number of likely N-dealkylation sites (tertiary alicyclic amines) is 1. The van der Waals surface area contributed by atoms with E-state index in [1.54, 1.807) is 0 Å². The van der Waals surface area contributed by atoms with E-state index < -0.39 is 0 Å². The molecule has 1 aromatic rings. The van der Waals surface area contributed by atoms with Gasteiger partial charge in [0.15, 0.2) is 0 Å². The van der Waals surface area contributed by atoms with Gasteiger partial charge in [-0.2, -0.15) is 0 Å². The molecule has 2 amide bonds. The maximum absolute atomic E-state index is 12.8. The number of para-hydroxylation sites is 1. The van der Waals surface area contributed by atoms with Crippen LogP contribution in [0.25, 0.3) is 0 Å². The number of carbonyl (C=O) groups excluding carboxylic acids is 2. The second kappa shape index (κ2) is 7.28. The molecule has 1 aromatic carbocycles. The molecule has 0 radical (unpaired) electrons. The largest absolute Gasteiger partial charge is 0.463 e. The molecule has 2 aliphatic rings. The highest BCUT2D eigenvalue weighted by Gasteiger charge is 2.54. The Hall–Kier alpha value is -1.86. The zero-order chi connectivity index (χ0) is 19.8. The third kappa shape index (κ3) is 4.19. The number of carbonyl (C=O) groups is 2. The molecule has 0 aliphatic carbocycles. The number of nitrogens with zero attached hydrogens (tertiary/aromatic N) is 1. The number of anilines is 1. The lowest BCUT2D eigenvalue weighted by Gasteiger charge is -2.32. The van der Waals surface area contributed by atoms with E-state index in [0.29, 0.717) is 18.8 Å². The van der Waals surface area contributed by atoms with Crippen LogP contribution < -0.4 is 5.32 Å². The van der Waals surface area contributed by atoms with Crippen LogP contribution in [0, 0.1) is 0 Å². The van der Waals surface area contributed by atoms with Crippen molar-refractivity contribution >= 4 is 24.6 Å². The Labute approximate surface area is 161 Å². The van der Waals surface area contributed by atoms with E-state index >= 15 is 0 Å². The first-order valence-electron chi connectivity index (χ1n) is 9.58. The van der Waals surface area contributed by atoms with E-state index in [-0.39, 0.29) is 42.4 Å². The van der Waals surface area contributed by atoms with Gasteiger partial charge in [0.2, 0.25) is 11.8 Å². The van der Waals surface area contributed by atoms with Gasteiger partial charge in [-0.3, -0.25) is 9.59 Å². The summed E-state index contributed by atoms with van der Waals surface area (Å²) >= 11 is 0. The highest BCUT2D eigenvalue weighted by atomic mass is 16.7. The van der Waals surface area contributed by atoms with E-state index in [0.717, 1.165) is 12.0 Å². The van der Waals surface area contributed by atoms with E-state index in [4.69, 9.17) is 9.31 Å². The smallest absolute Gasteiger partial charge is 0.403 e. The first kappa shape index (κ1) is 19.9. The summed E-state index contributed by atoms with van der Waals surface area (Å²) < 4.78 is 12.3. The molecule has 1 N–H and O–H groups in total. The molecule has 1 unspecified atom stereocenters. The lowest BCUT2D eigenvalue weighted by molar-refractivity contribution is -0.129. The van der Waals surface area contributed by atoms with Crippen LogP contribution in [-0.4, -0.2) is 48.1 Å². The Balaban J connectivity index is 1.62. The third-order valence-corrected chi connectivity index (χ3v) is 5.90. The van der Waals surface area contributed by atoms with Crippen molar-refractivity contribution in [2.75, 3.05) is 18.4 Å². The minimum absolute atomic E-state index is 0.0619. The molecular weight excluding hydrogens is 343 g/mol. The zero-order valence-electron chi connectivity index (χ0n) is 16.9. The normalized spacial score (nSPS) is 23.5. The van der Waals surface area contributed by atoms with Gasteiger partial charge >= 0.3 is 7.12 Å².